The second-order valence-electron chi connectivity index (χ2n) is 3.98. The maximum Gasteiger partial charge on any atom is 0.0880 e. The van der Waals surface area contributed by atoms with Crippen LogP contribution in [0.4, 0.5) is 5.69 Å². The Labute approximate surface area is 106 Å². The first kappa shape index (κ1) is 12.3. The van der Waals surface area contributed by atoms with Crippen molar-refractivity contribution in [2.24, 2.45) is 5.11 Å². The fraction of sp³-hybridized carbons (Fsp3) is 0.385. The van der Waals surface area contributed by atoms with Crippen LogP contribution in [-0.2, 0) is 0 Å². The number of azide groups is 1. The van der Waals surface area contributed by atoms with Crippen LogP contribution in [0.15, 0.2) is 29.4 Å². The molecule has 2 rings (SSSR count). The molecule has 5 heteroatoms. The molecule has 1 aromatic carbocycles. The van der Waals surface area contributed by atoms with Gasteiger partial charge in [-0.05, 0) is 23.7 Å². The van der Waals surface area contributed by atoms with Gasteiger partial charge < -0.3 is 10.2 Å². The molecule has 1 saturated heterocycles. The van der Waals surface area contributed by atoms with E-state index in [1.54, 1.807) is 0 Å². The van der Waals surface area contributed by atoms with E-state index >= 15 is 0 Å². The number of nitrogens with zero attached hydrogens (tertiary/aromatic N) is 4. The number of hydrogen-bond acceptors (Lipinski definition) is 3. The minimum absolute atomic E-state index is 0.217. The van der Waals surface area contributed by atoms with Crippen LogP contribution in [0.2, 0.25) is 0 Å². The van der Waals surface area contributed by atoms with Crippen LogP contribution in [0, 0.1) is 11.8 Å². The zero-order valence-electron chi connectivity index (χ0n) is 10.1. The first-order valence-electron chi connectivity index (χ1n) is 5.95. The molecule has 0 spiro atoms. The lowest BCUT2D eigenvalue weighted by atomic mass is 10.2. The molecule has 5 nitrogen and oxygen atoms in total. The molecule has 0 unspecified atom stereocenters. The van der Waals surface area contributed by atoms with Crippen molar-refractivity contribution in [2.75, 3.05) is 37.6 Å². The van der Waals surface area contributed by atoms with Crippen LogP contribution >= 0.6 is 0 Å². The molecular formula is C13H15N5. The summed E-state index contributed by atoms with van der Waals surface area (Å²) in [5.74, 6) is 5.83. The van der Waals surface area contributed by atoms with Crippen LogP contribution in [-0.4, -0.2) is 32.7 Å². The third-order valence-corrected chi connectivity index (χ3v) is 2.77. The maximum absolute atomic E-state index is 8.16. The first-order chi connectivity index (χ1) is 8.90. The number of hydrogen-bond donors (Lipinski definition) is 1. The molecule has 0 bridgehead atoms. The minimum Gasteiger partial charge on any atom is -0.369 e. The summed E-state index contributed by atoms with van der Waals surface area (Å²) in [6.45, 7) is 4.30. The zero-order chi connectivity index (χ0) is 12.6. The number of piperazine rings is 1. The standard InChI is InChI=1S/C13H15N5/c14-17-16-6-2-4-12-3-1-5-13(11-12)18-9-7-15-8-10-18/h1,3,5,11,15H,6-10H2. The third-order valence-electron chi connectivity index (χ3n) is 2.77. The molecule has 1 aliphatic rings. The molecule has 18 heavy (non-hydrogen) atoms. The quantitative estimate of drug-likeness (QED) is 0.371. The largest absolute Gasteiger partial charge is 0.369 e. The van der Waals surface area contributed by atoms with Crippen molar-refractivity contribution in [3.8, 4) is 11.8 Å². The van der Waals surface area contributed by atoms with Gasteiger partial charge in [0.05, 0.1) is 6.54 Å². The Bertz CT molecular complexity index is 502. The molecule has 92 valence electrons. The van der Waals surface area contributed by atoms with Gasteiger partial charge >= 0.3 is 0 Å². The molecule has 0 aromatic heterocycles. The highest BCUT2D eigenvalue weighted by Gasteiger charge is 2.09. The minimum atomic E-state index is 0.217. The van der Waals surface area contributed by atoms with E-state index in [9.17, 15) is 0 Å². The van der Waals surface area contributed by atoms with Gasteiger partial charge in [0.25, 0.3) is 0 Å². The van der Waals surface area contributed by atoms with E-state index < -0.39 is 0 Å². The van der Waals surface area contributed by atoms with Crippen LogP contribution in [0.25, 0.3) is 10.4 Å². The lowest BCUT2D eigenvalue weighted by molar-refractivity contribution is 0.589. The lowest BCUT2D eigenvalue weighted by Gasteiger charge is -2.29. The summed E-state index contributed by atoms with van der Waals surface area (Å²) in [4.78, 5) is 5.01. The molecule has 0 atom stereocenters. The average molecular weight is 241 g/mol. The van der Waals surface area contributed by atoms with E-state index in [2.05, 4.69) is 44.2 Å². The molecule has 1 aromatic rings. The number of rotatable bonds is 2. The maximum atomic E-state index is 8.16. The molecule has 1 aliphatic heterocycles. The van der Waals surface area contributed by atoms with Crippen molar-refractivity contribution in [3.05, 3.63) is 40.3 Å². The van der Waals surface area contributed by atoms with Gasteiger partial charge in [-0.3, -0.25) is 0 Å². The fourth-order valence-electron chi connectivity index (χ4n) is 1.91. The van der Waals surface area contributed by atoms with E-state index in [1.807, 2.05) is 12.1 Å². The van der Waals surface area contributed by atoms with Crippen molar-refractivity contribution in [1.82, 2.24) is 5.32 Å². The highest BCUT2D eigenvalue weighted by molar-refractivity contribution is 5.52. The van der Waals surface area contributed by atoms with E-state index in [4.69, 9.17) is 5.53 Å². The number of benzene rings is 1. The topological polar surface area (TPSA) is 64.0 Å². The summed E-state index contributed by atoms with van der Waals surface area (Å²) in [6, 6.07) is 8.15. The zero-order valence-corrected chi connectivity index (χ0v) is 10.1. The average Bonchev–Trinajstić information content (AvgIpc) is 2.45. The molecule has 0 saturated carbocycles. The Hall–Kier alpha value is -2.15. The second-order valence-corrected chi connectivity index (χ2v) is 3.98. The van der Waals surface area contributed by atoms with E-state index in [0.717, 1.165) is 31.7 Å². The highest BCUT2D eigenvalue weighted by Crippen LogP contribution is 2.16. The Morgan fingerprint density at radius 2 is 2.22 bits per heavy atom. The SMILES string of the molecule is [N-]=[N+]=NCC#Cc1cccc(N2CCNCC2)c1. The van der Waals surface area contributed by atoms with Gasteiger partial charge in [0.2, 0.25) is 0 Å². The molecule has 0 aliphatic carbocycles. The Balaban J connectivity index is 2.08. The molecular weight excluding hydrogens is 226 g/mol. The second kappa shape index (κ2) is 6.55. The summed E-state index contributed by atoms with van der Waals surface area (Å²) in [6.07, 6.45) is 0. The normalized spacial score (nSPS) is 14.3. The van der Waals surface area contributed by atoms with E-state index in [0.29, 0.717) is 0 Å². The van der Waals surface area contributed by atoms with Gasteiger partial charge in [0, 0.05) is 42.3 Å². The predicted octanol–water partition coefficient (Wildman–Crippen LogP) is 1.76. The molecule has 1 fully saturated rings. The van der Waals surface area contributed by atoms with Crippen LogP contribution in [0.3, 0.4) is 0 Å². The van der Waals surface area contributed by atoms with Gasteiger partial charge in [0.1, 0.15) is 0 Å². The van der Waals surface area contributed by atoms with Crippen molar-refractivity contribution in [2.45, 2.75) is 0 Å². The molecule has 1 N–H and O–H groups in total. The van der Waals surface area contributed by atoms with E-state index in [1.165, 1.54) is 5.69 Å². The Morgan fingerprint density at radius 1 is 1.39 bits per heavy atom. The monoisotopic (exact) mass is 241 g/mol. The van der Waals surface area contributed by atoms with Crippen molar-refractivity contribution < 1.29 is 0 Å². The molecule has 0 radical (unpaired) electrons. The van der Waals surface area contributed by atoms with Gasteiger partial charge in [-0.1, -0.05) is 23.0 Å². The van der Waals surface area contributed by atoms with E-state index in [-0.39, 0.29) is 6.54 Å². The third kappa shape index (κ3) is 3.42. The molecule has 0 amide bonds. The summed E-state index contributed by atoms with van der Waals surface area (Å²) >= 11 is 0. The highest BCUT2D eigenvalue weighted by atomic mass is 15.2. The van der Waals surface area contributed by atoms with Crippen molar-refractivity contribution in [1.29, 1.82) is 0 Å². The lowest BCUT2D eigenvalue weighted by Crippen LogP contribution is -2.43. The fourth-order valence-corrected chi connectivity index (χ4v) is 1.91. The van der Waals surface area contributed by atoms with Gasteiger partial charge in [-0.25, -0.2) is 0 Å². The van der Waals surface area contributed by atoms with Crippen LogP contribution in [0.1, 0.15) is 5.56 Å². The summed E-state index contributed by atoms with van der Waals surface area (Å²) in [5.41, 5.74) is 10.3. The Kier molecular flexibility index (Phi) is 4.48. The molecule has 1 heterocycles. The summed E-state index contributed by atoms with van der Waals surface area (Å²) in [7, 11) is 0. The van der Waals surface area contributed by atoms with Crippen LogP contribution in [0.5, 0.6) is 0 Å². The van der Waals surface area contributed by atoms with Crippen LogP contribution < -0.4 is 10.2 Å². The number of anilines is 1. The van der Waals surface area contributed by atoms with Gasteiger partial charge in [0.15, 0.2) is 0 Å². The smallest absolute Gasteiger partial charge is 0.0880 e. The number of nitrogens with one attached hydrogen (secondary N) is 1. The van der Waals surface area contributed by atoms with Gasteiger partial charge in [-0.15, -0.1) is 0 Å². The Morgan fingerprint density at radius 3 is 3.00 bits per heavy atom. The van der Waals surface area contributed by atoms with Crippen molar-refractivity contribution >= 4 is 5.69 Å². The summed E-state index contributed by atoms with van der Waals surface area (Å²) < 4.78 is 0. The summed E-state index contributed by atoms with van der Waals surface area (Å²) in [5, 5.41) is 6.72. The predicted molar refractivity (Wildman–Crippen MR) is 72.4 cm³/mol. The van der Waals surface area contributed by atoms with Crippen molar-refractivity contribution in [3.63, 3.8) is 0 Å². The van der Waals surface area contributed by atoms with Gasteiger partial charge in [-0.2, -0.15) is 0 Å². The first-order valence-corrected chi connectivity index (χ1v) is 5.95.